The van der Waals surface area contributed by atoms with Gasteiger partial charge in [0.15, 0.2) is 0 Å². The molecule has 0 fully saturated rings. The summed E-state index contributed by atoms with van der Waals surface area (Å²) in [5.74, 6) is 0. The number of hydrogen-bond donors (Lipinski definition) is 2. The van der Waals surface area contributed by atoms with Gasteiger partial charge in [0.2, 0.25) is 0 Å². The third-order valence-corrected chi connectivity index (χ3v) is 0.516. The molecule has 0 aromatic heterocycles. The third kappa shape index (κ3) is 11.8. The quantitative estimate of drug-likeness (QED) is 0.209. The average molecular weight is 202 g/mol. The Morgan fingerprint density at radius 1 is 1.10 bits per heavy atom. The molecule has 0 aliphatic rings. The first-order valence-electron chi connectivity index (χ1n) is 1.37. The van der Waals surface area contributed by atoms with E-state index in [9.17, 15) is 8.42 Å². The summed E-state index contributed by atoms with van der Waals surface area (Å²) >= 11 is -5.35. The molecule has 7 nitrogen and oxygen atoms in total. The fraction of sp³-hybridized carbons (Fsp3) is 0. The van der Waals surface area contributed by atoms with E-state index in [0.717, 1.165) is 0 Å². The first-order chi connectivity index (χ1) is 4.13. The van der Waals surface area contributed by atoms with Crippen LogP contribution in [0.4, 0.5) is 0 Å². The van der Waals surface area contributed by atoms with Gasteiger partial charge in [-0.15, -0.1) is 0 Å². The van der Waals surface area contributed by atoms with Crippen molar-refractivity contribution in [3.63, 3.8) is 0 Å². The molecule has 10 heavy (non-hydrogen) atoms. The van der Waals surface area contributed by atoms with Gasteiger partial charge in [-0.3, -0.25) is 9.11 Å². The van der Waals surface area contributed by atoms with Gasteiger partial charge in [0.1, 0.15) is 0 Å². The van der Waals surface area contributed by atoms with Gasteiger partial charge in [-0.1, -0.05) is 8.67 Å². The van der Waals surface area contributed by atoms with Crippen molar-refractivity contribution in [2.45, 2.75) is 0 Å². The summed E-state index contributed by atoms with van der Waals surface area (Å²) in [5, 5.41) is 3.26. The summed E-state index contributed by atoms with van der Waals surface area (Å²) in [6, 6.07) is 0. The van der Waals surface area contributed by atoms with Crippen LogP contribution in [-0.2, 0) is 36.4 Å². The zero-order valence-electron chi connectivity index (χ0n) is 5.75. The van der Waals surface area contributed by atoms with Crippen molar-refractivity contribution < 1.29 is 62.2 Å². The topological polar surface area (TPSA) is 102 Å². The Labute approximate surface area is 84.6 Å². The molecule has 2 N–H and O–H groups in total. The number of rotatable bonds is 4. The van der Waals surface area contributed by atoms with Crippen LogP contribution in [0.2, 0.25) is 0 Å². The van der Waals surface area contributed by atoms with Crippen molar-refractivity contribution in [2.24, 2.45) is 0 Å². The second kappa shape index (κ2) is 8.20. The van der Waals surface area contributed by atoms with Gasteiger partial charge >= 0.3 is 52.3 Å². The minimum Gasteiger partial charge on any atom is -1.00 e. The fourth-order valence-corrected chi connectivity index (χ4v) is 0.245. The van der Waals surface area contributed by atoms with Crippen molar-refractivity contribution in [3.8, 4) is 0 Å². The average Bonchev–Trinajstić information content (AvgIpc) is 1.63. The van der Waals surface area contributed by atoms with Gasteiger partial charge in [-0.2, -0.15) is 8.42 Å². The van der Waals surface area contributed by atoms with Crippen molar-refractivity contribution in [2.75, 3.05) is 0 Å². The Hall–Kier alpha value is 1.10. The smallest absolute Gasteiger partial charge is 1.00 e. The summed E-state index contributed by atoms with van der Waals surface area (Å²) in [6.07, 6.45) is 0. The maximum Gasteiger partial charge on any atom is 1.00 e. The molecule has 58 valence electrons. The summed E-state index contributed by atoms with van der Waals surface area (Å²) < 4.78 is 41.0. The fourth-order valence-electron chi connectivity index (χ4n) is 0.0589. The molecule has 10 heteroatoms. The molecule has 2 atom stereocenters. The maximum absolute atomic E-state index is 9.48. The second-order valence-electron chi connectivity index (χ2n) is 0.638. The van der Waals surface area contributed by atoms with E-state index < -0.39 is 22.7 Å². The molecular formula is H3NaO7S2. The molecule has 0 radical (unpaired) electrons. The molecule has 0 aliphatic carbocycles. The van der Waals surface area contributed by atoms with Gasteiger partial charge in [0, 0.05) is 0 Å². The summed E-state index contributed by atoms with van der Waals surface area (Å²) in [6.45, 7) is 0. The number of hydrogen-bond acceptors (Lipinski definition) is 5. The largest absolute Gasteiger partial charge is 1.00 e. The van der Waals surface area contributed by atoms with Gasteiger partial charge < -0.3 is 1.43 Å². The van der Waals surface area contributed by atoms with Gasteiger partial charge in [-0.05, 0) is 5.04 Å². The molecule has 0 spiro atoms. The molecule has 0 saturated carbocycles. The van der Waals surface area contributed by atoms with E-state index in [-0.39, 0.29) is 31.0 Å². The van der Waals surface area contributed by atoms with Gasteiger partial charge in [0.25, 0.3) is 0 Å². The van der Waals surface area contributed by atoms with Crippen molar-refractivity contribution >= 4 is 22.7 Å². The van der Waals surface area contributed by atoms with E-state index in [2.05, 4.69) is 13.7 Å². The van der Waals surface area contributed by atoms with Crippen LogP contribution >= 0.6 is 0 Å². The standard InChI is InChI=1S/Na.H2O7S2.H/c;1-8(2)6-5-7-9(3)4;/h;(H,1,2)(H,3,4);/q+1;;-1. The van der Waals surface area contributed by atoms with Crippen LogP contribution in [-0.4, -0.2) is 17.5 Å². The minimum atomic E-state index is -2.67. The molecule has 0 aromatic carbocycles. The predicted molar refractivity (Wildman–Crippen MR) is 25.9 cm³/mol. The summed E-state index contributed by atoms with van der Waals surface area (Å²) in [5.41, 5.74) is 0. The van der Waals surface area contributed by atoms with Crippen LogP contribution in [0.15, 0.2) is 0 Å². The molecule has 0 amide bonds. The third-order valence-electron chi connectivity index (χ3n) is 0.172. The second-order valence-corrected chi connectivity index (χ2v) is 1.78. The van der Waals surface area contributed by atoms with Gasteiger partial charge in [-0.25, -0.2) is 0 Å². The van der Waals surface area contributed by atoms with Crippen molar-refractivity contribution in [1.82, 2.24) is 0 Å². The molecule has 0 aromatic rings. The molecule has 0 saturated heterocycles. The van der Waals surface area contributed by atoms with Crippen LogP contribution in [0.5, 0.6) is 0 Å². The molecular weight excluding hydrogens is 199 g/mol. The Balaban J connectivity index is -0.000000320. The predicted octanol–water partition coefficient (Wildman–Crippen LogP) is -3.74. The monoisotopic (exact) mass is 202 g/mol. The zero-order valence-corrected chi connectivity index (χ0v) is 8.39. The van der Waals surface area contributed by atoms with E-state index in [1.54, 1.807) is 0 Å². The minimum absolute atomic E-state index is 0. The Bertz CT molecular complexity index is 112. The van der Waals surface area contributed by atoms with Crippen LogP contribution in [0.1, 0.15) is 1.43 Å². The van der Waals surface area contributed by atoms with E-state index in [1.165, 1.54) is 0 Å². The van der Waals surface area contributed by atoms with Crippen LogP contribution in [0, 0.1) is 0 Å². The summed E-state index contributed by atoms with van der Waals surface area (Å²) in [4.78, 5) is 0. The molecule has 0 bridgehead atoms. The first kappa shape index (κ1) is 13.7. The Kier molecular flexibility index (Phi) is 11.2. The normalized spacial score (nSPS) is 15.4. The zero-order chi connectivity index (χ0) is 7.28. The first-order valence-corrected chi connectivity index (χ1v) is 3.43. The van der Waals surface area contributed by atoms with Crippen molar-refractivity contribution in [1.29, 1.82) is 0 Å². The van der Waals surface area contributed by atoms with Crippen LogP contribution in [0.25, 0.3) is 0 Å². The molecule has 2 unspecified atom stereocenters. The molecule has 0 heterocycles. The van der Waals surface area contributed by atoms with E-state index in [0.29, 0.717) is 0 Å². The maximum atomic E-state index is 9.48. The van der Waals surface area contributed by atoms with Crippen LogP contribution < -0.4 is 29.6 Å². The molecule has 0 rings (SSSR count). The van der Waals surface area contributed by atoms with E-state index >= 15 is 0 Å². The van der Waals surface area contributed by atoms with Crippen LogP contribution in [0.3, 0.4) is 0 Å². The van der Waals surface area contributed by atoms with E-state index in [1.807, 2.05) is 0 Å². The van der Waals surface area contributed by atoms with E-state index in [4.69, 9.17) is 9.11 Å². The Morgan fingerprint density at radius 3 is 1.60 bits per heavy atom. The summed E-state index contributed by atoms with van der Waals surface area (Å²) in [7, 11) is 0. The van der Waals surface area contributed by atoms with Gasteiger partial charge in [0.05, 0.1) is 0 Å². The van der Waals surface area contributed by atoms with Crippen molar-refractivity contribution in [3.05, 3.63) is 0 Å². The molecule has 0 aliphatic heterocycles. The SMILES string of the molecule is O=S(O)OOOS(=O)O.[H-].[Na+]. The Morgan fingerprint density at radius 2 is 1.40 bits per heavy atom.